The Morgan fingerprint density at radius 2 is 1.68 bits per heavy atom. The van der Waals surface area contributed by atoms with Crippen molar-refractivity contribution in [1.29, 1.82) is 0 Å². The highest BCUT2D eigenvalue weighted by atomic mass is 16.2. The number of nitrogens with zero attached hydrogens (tertiary/aromatic N) is 1. The van der Waals surface area contributed by atoms with Gasteiger partial charge in [0.15, 0.2) is 0 Å². The monoisotopic (exact) mass is 380 g/mol. The van der Waals surface area contributed by atoms with Gasteiger partial charge >= 0.3 is 0 Å². The fourth-order valence-electron chi connectivity index (χ4n) is 3.25. The van der Waals surface area contributed by atoms with E-state index in [-0.39, 0.29) is 11.8 Å². The predicted octanol–water partition coefficient (Wildman–Crippen LogP) is 4.04. The Labute approximate surface area is 169 Å². The van der Waals surface area contributed by atoms with Gasteiger partial charge < -0.3 is 10.2 Å². The van der Waals surface area contributed by atoms with Crippen molar-refractivity contribution >= 4 is 11.8 Å². The van der Waals surface area contributed by atoms with Gasteiger partial charge in [-0.2, -0.15) is 0 Å². The predicted molar refractivity (Wildman–Crippen MR) is 114 cm³/mol. The molecule has 2 aromatic carbocycles. The maximum absolute atomic E-state index is 13.0. The summed E-state index contributed by atoms with van der Waals surface area (Å²) < 4.78 is 0. The molecule has 0 aliphatic carbocycles. The van der Waals surface area contributed by atoms with Crippen LogP contribution in [0.25, 0.3) is 0 Å². The molecular weight excluding hydrogens is 348 g/mol. The van der Waals surface area contributed by atoms with E-state index >= 15 is 0 Å². The second kappa shape index (κ2) is 10.6. The lowest BCUT2D eigenvalue weighted by atomic mass is 10.0. The molecule has 2 amide bonds. The van der Waals surface area contributed by atoms with Gasteiger partial charge in [0, 0.05) is 19.5 Å². The van der Waals surface area contributed by atoms with E-state index in [0.717, 1.165) is 23.1 Å². The van der Waals surface area contributed by atoms with Crippen LogP contribution in [0.2, 0.25) is 0 Å². The van der Waals surface area contributed by atoms with E-state index in [0.29, 0.717) is 25.9 Å². The summed E-state index contributed by atoms with van der Waals surface area (Å²) in [5.74, 6) is -0.115. The molecule has 0 aromatic heterocycles. The van der Waals surface area contributed by atoms with Crippen LogP contribution < -0.4 is 5.32 Å². The molecular formula is C24H32N2O2. The van der Waals surface area contributed by atoms with E-state index in [1.807, 2.05) is 32.0 Å². The third-order valence-electron chi connectivity index (χ3n) is 5.01. The van der Waals surface area contributed by atoms with Crippen LogP contribution in [0.15, 0.2) is 48.5 Å². The van der Waals surface area contributed by atoms with Crippen molar-refractivity contribution in [2.75, 3.05) is 6.54 Å². The van der Waals surface area contributed by atoms with Crippen LogP contribution in [0.1, 0.15) is 49.4 Å². The third-order valence-corrected chi connectivity index (χ3v) is 5.01. The number of carbonyl (C=O) groups excluding carboxylic acids is 2. The van der Waals surface area contributed by atoms with Gasteiger partial charge in [-0.05, 0) is 50.3 Å². The first-order chi connectivity index (χ1) is 13.4. The van der Waals surface area contributed by atoms with E-state index in [1.165, 1.54) is 5.56 Å². The largest absolute Gasteiger partial charge is 0.355 e. The van der Waals surface area contributed by atoms with Gasteiger partial charge in [0.2, 0.25) is 11.8 Å². The average molecular weight is 381 g/mol. The van der Waals surface area contributed by atoms with Crippen LogP contribution in [0.5, 0.6) is 0 Å². The summed E-state index contributed by atoms with van der Waals surface area (Å²) in [6.45, 7) is 8.84. The van der Waals surface area contributed by atoms with Crippen LogP contribution in [-0.2, 0) is 29.0 Å². The number of aryl methyl sites for hydroxylation is 3. The van der Waals surface area contributed by atoms with Crippen LogP contribution in [0, 0.1) is 6.92 Å². The Bertz CT molecular complexity index is 783. The number of hydrogen-bond donors (Lipinski definition) is 1. The Morgan fingerprint density at radius 3 is 2.29 bits per heavy atom. The van der Waals surface area contributed by atoms with E-state index in [9.17, 15) is 9.59 Å². The molecule has 2 rings (SSSR count). The minimum absolute atomic E-state index is 0.000160. The molecule has 0 bridgehead atoms. The van der Waals surface area contributed by atoms with Gasteiger partial charge in [-0.15, -0.1) is 0 Å². The van der Waals surface area contributed by atoms with Crippen LogP contribution in [0.4, 0.5) is 0 Å². The van der Waals surface area contributed by atoms with E-state index in [4.69, 9.17) is 0 Å². The first kappa shape index (κ1) is 21.7. The van der Waals surface area contributed by atoms with E-state index in [1.54, 1.807) is 11.8 Å². The standard InChI is InChI=1S/C24H32N2O2/c1-5-20-10-12-21(13-11-20)14-15-23(27)26(19(4)24(28)25-6-2)17-22-9-7-8-18(3)16-22/h7-13,16,19H,5-6,14-15,17H2,1-4H3,(H,25,28)/t19-/m0/s1. The van der Waals surface area contributed by atoms with Crippen LogP contribution in [0.3, 0.4) is 0 Å². The van der Waals surface area contributed by atoms with Crippen molar-refractivity contribution in [1.82, 2.24) is 10.2 Å². The molecule has 0 saturated heterocycles. The number of hydrogen-bond acceptors (Lipinski definition) is 2. The molecule has 28 heavy (non-hydrogen) atoms. The van der Waals surface area contributed by atoms with Crippen molar-refractivity contribution < 1.29 is 9.59 Å². The summed E-state index contributed by atoms with van der Waals surface area (Å²) in [6.07, 6.45) is 2.07. The summed E-state index contributed by atoms with van der Waals surface area (Å²) in [7, 11) is 0. The minimum Gasteiger partial charge on any atom is -0.355 e. The summed E-state index contributed by atoms with van der Waals surface area (Å²) >= 11 is 0. The molecule has 0 heterocycles. The fraction of sp³-hybridized carbons (Fsp3) is 0.417. The molecule has 0 radical (unpaired) electrons. The molecule has 4 nitrogen and oxygen atoms in total. The first-order valence-corrected chi connectivity index (χ1v) is 10.1. The smallest absolute Gasteiger partial charge is 0.242 e. The van der Waals surface area contributed by atoms with Gasteiger partial charge in [-0.25, -0.2) is 0 Å². The van der Waals surface area contributed by atoms with Gasteiger partial charge in [0.05, 0.1) is 0 Å². The molecule has 0 fully saturated rings. The van der Waals surface area contributed by atoms with Crippen molar-refractivity contribution in [3.05, 3.63) is 70.8 Å². The van der Waals surface area contributed by atoms with Gasteiger partial charge in [0.1, 0.15) is 6.04 Å². The Hall–Kier alpha value is -2.62. The third kappa shape index (κ3) is 6.22. The Kier molecular flexibility index (Phi) is 8.24. The summed E-state index contributed by atoms with van der Waals surface area (Å²) in [5.41, 5.74) is 4.62. The molecule has 0 unspecified atom stereocenters. The molecule has 4 heteroatoms. The van der Waals surface area contributed by atoms with Gasteiger partial charge in [-0.1, -0.05) is 61.0 Å². The highest BCUT2D eigenvalue weighted by molar-refractivity contribution is 5.87. The molecule has 1 N–H and O–H groups in total. The zero-order valence-electron chi connectivity index (χ0n) is 17.5. The van der Waals surface area contributed by atoms with Crippen molar-refractivity contribution in [2.45, 2.75) is 59.5 Å². The van der Waals surface area contributed by atoms with Crippen LogP contribution in [-0.4, -0.2) is 29.3 Å². The first-order valence-electron chi connectivity index (χ1n) is 10.1. The highest BCUT2D eigenvalue weighted by Crippen LogP contribution is 2.14. The number of rotatable bonds is 9. The lowest BCUT2D eigenvalue weighted by Crippen LogP contribution is -2.47. The summed E-state index contributed by atoms with van der Waals surface area (Å²) in [6, 6.07) is 16.0. The number of carbonyl (C=O) groups is 2. The lowest BCUT2D eigenvalue weighted by molar-refractivity contribution is -0.140. The Morgan fingerprint density at radius 1 is 1.00 bits per heavy atom. The molecule has 0 saturated carbocycles. The lowest BCUT2D eigenvalue weighted by Gasteiger charge is -2.29. The second-order valence-electron chi connectivity index (χ2n) is 7.25. The molecule has 2 aromatic rings. The molecule has 150 valence electrons. The normalized spacial score (nSPS) is 11.7. The number of benzene rings is 2. The molecule has 1 atom stereocenters. The second-order valence-corrected chi connectivity index (χ2v) is 7.25. The minimum atomic E-state index is -0.504. The zero-order valence-corrected chi connectivity index (χ0v) is 17.5. The van der Waals surface area contributed by atoms with Crippen LogP contribution >= 0.6 is 0 Å². The number of amides is 2. The Balaban J connectivity index is 2.11. The van der Waals surface area contributed by atoms with E-state index < -0.39 is 6.04 Å². The van der Waals surface area contributed by atoms with E-state index in [2.05, 4.69) is 42.6 Å². The van der Waals surface area contributed by atoms with Gasteiger partial charge in [-0.3, -0.25) is 9.59 Å². The van der Waals surface area contributed by atoms with Gasteiger partial charge in [0.25, 0.3) is 0 Å². The highest BCUT2D eigenvalue weighted by Gasteiger charge is 2.25. The summed E-state index contributed by atoms with van der Waals surface area (Å²) in [5, 5.41) is 2.83. The molecule has 0 aliphatic rings. The van der Waals surface area contributed by atoms with Crippen molar-refractivity contribution in [3.63, 3.8) is 0 Å². The van der Waals surface area contributed by atoms with Crippen molar-refractivity contribution in [3.8, 4) is 0 Å². The van der Waals surface area contributed by atoms with Crippen molar-refractivity contribution in [2.24, 2.45) is 0 Å². The molecule has 0 aliphatic heterocycles. The zero-order chi connectivity index (χ0) is 20.5. The maximum atomic E-state index is 13.0. The molecule has 0 spiro atoms. The maximum Gasteiger partial charge on any atom is 0.242 e. The number of likely N-dealkylation sites (N-methyl/N-ethyl adjacent to an activating group) is 1. The fourth-order valence-corrected chi connectivity index (χ4v) is 3.25. The summed E-state index contributed by atoms with van der Waals surface area (Å²) in [4.78, 5) is 27.1. The number of nitrogens with one attached hydrogen (secondary N) is 1. The average Bonchev–Trinajstić information content (AvgIpc) is 2.70. The SMILES string of the molecule is CCNC(=O)[C@H](C)N(Cc1cccc(C)c1)C(=O)CCc1ccc(CC)cc1. The quantitative estimate of drug-likeness (QED) is 0.714. The topological polar surface area (TPSA) is 49.4 Å².